The highest BCUT2D eigenvalue weighted by Crippen LogP contribution is 2.41. The van der Waals surface area contributed by atoms with Gasteiger partial charge in [0.05, 0.1) is 0 Å². The van der Waals surface area contributed by atoms with Gasteiger partial charge in [-0.2, -0.15) is 0 Å². The SMILES string of the molecule is CC1(C)CCCN(C2CCc3c(O)cccc32)CC1. The van der Waals surface area contributed by atoms with Crippen molar-refractivity contribution in [3.05, 3.63) is 29.3 Å². The quantitative estimate of drug-likeness (QED) is 0.827. The first-order chi connectivity index (χ1) is 9.07. The Balaban J connectivity index is 1.80. The van der Waals surface area contributed by atoms with Gasteiger partial charge in [-0.3, -0.25) is 4.90 Å². The second-order valence-electron chi connectivity index (χ2n) is 6.95. The van der Waals surface area contributed by atoms with Gasteiger partial charge in [0.25, 0.3) is 0 Å². The van der Waals surface area contributed by atoms with Gasteiger partial charge in [0.1, 0.15) is 5.75 Å². The second-order valence-corrected chi connectivity index (χ2v) is 6.95. The lowest BCUT2D eigenvalue weighted by atomic mass is 9.85. The molecule has 1 fully saturated rings. The van der Waals surface area contributed by atoms with Gasteiger partial charge >= 0.3 is 0 Å². The van der Waals surface area contributed by atoms with E-state index >= 15 is 0 Å². The molecule has 1 N–H and O–H groups in total. The number of aromatic hydroxyl groups is 1. The van der Waals surface area contributed by atoms with Crippen molar-refractivity contribution in [1.82, 2.24) is 4.90 Å². The first-order valence-electron chi connectivity index (χ1n) is 7.62. The Bertz CT molecular complexity index is 466. The minimum atomic E-state index is 0.495. The Hall–Kier alpha value is -1.02. The minimum absolute atomic E-state index is 0.495. The van der Waals surface area contributed by atoms with Crippen molar-refractivity contribution in [2.45, 2.75) is 52.0 Å². The highest BCUT2D eigenvalue weighted by atomic mass is 16.3. The van der Waals surface area contributed by atoms with Crippen molar-refractivity contribution in [2.75, 3.05) is 13.1 Å². The summed E-state index contributed by atoms with van der Waals surface area (Å²) in [4.78, 5) is 2.65. The number of hydrogen-bond donors (Lipinski definition) is 1. The van der Waals surface area contributed by atoms with E-state index < -0.39 is 0 Å². The zero-order valence-electron chi connectivity index (χ0n) is 12.2. The van der Waals surface area contributed by atoms with E-state index in [4.69, 9.17) is 0 Å². The Morgan fingerprint density at radius 2 is 2.05 bits per heavy atom. The van der Waals surface area contributed by atoms with Crippen LogP contribution in [0.2, 0.25) is 0 Å². The Morgan fingerprint density at radius 1 is 1.21 bits per heavy atom. The van der Waals surface area contributed by atoms with Crippen LogP contribution < -0.4 is 0 Å². The summed E-state index contributed by atoms with van der Waals surface area (Å²) in [6.07, 6.45) is 6.14. The second kappa shape index (κ2) is 4.82. The van der Waals surface area contributed by atoms with Crippen molar-refractivity contribution in [3.8, 4) is 5.75 Å². The van der Waals surface area contributed by atoms with Gasteiger partial charge in [0.15, 0.2) is 0 Å². The molecule has 19 heavy (non-hydrogen) atoms. The van der Waals surface area contributed by atoms with E-state index in [1.807, 2.05) is 12.1 Å². The minimum Gasteiger partial charge on any atom is -0.508 e. The summed E-state index contributed by atoms with van der Waals surface area (Å²) in [5.74, 6) is 0.496. The maximum absolute atomic E-state index is 9.97. The average Bonchev–Trinajstić information content (AvgIpc) is 2.71. The summed E-state index contributed by atoms with van der Waals surface area (Å²) in [6, 6.07) is 6.57. The van der Waals surface area contributed by atoms with Gasteiger partial charge in [-0.1, -0.05) is 26.0 Å². The summed E-state index contributed by atoms with van der Waals surface area (Å²) in [6.45, 7) is 7.20. The molecule has 1 aliphatic heterocycles. The topological polar surface area (TPSA) is 23.5 Å². The molecule has 0 bridgehead atoms. The summed E-state index contributed by atoms with van der Waals surface area (Å²) in [7, 11) is 0. The molecule has 104 valence electrons. The fourth-order valence-electron chi connectivity index (χ4n) is 3.75. The van der Waals surface area contributed by atoms with Crippen molar-refractivity contribution in [2.24, 2.45) is 5.41 Å². The van der Waals surface area contributed by atoms with E-state index in [0.717, 1.165) is 6.42 Å². The molecule has 0 radical (unpaired) electrons. The van der Waals surface area contributed by atoms with E-state index in [1.54, 1.807) is 0 Å². The Kier molecular flexibility index (Phi) is 3.30. The van der Waals surface area contributed by atoms with Gasteiger partial charge in [0.2, 0.25) is 0 Å². The van der Waals surface area contributed by atoms with Crippen LogP contribution in [0.1, 0.15) is 56.7 Å². The zero-order chi connectivity index (χ0) is 13.5. The molecule has 1 atom stereocenters. The molecule has 3 rings (SSSR count). The molecule has 1 aromatic rings. The molecule has 0 amide bonds. The van der Waals surface area contributed by atoms with E-state index in [2.05, 4.69) is 24.8 Å². The fraction of sp³-hybridized carbons (Fsp3) is 0.647. The van der Waals surface area contributed by atoms with Crippen LogP contribution >= 0.6 is 0 Å². The first kappa shape index (κ1) is 13.0. The molecule has 2 heteroatoms. The Labute approximate surface area is 116 Å². The molecule has 1 heterocycles. The van der Waals surface area contributed by atoms with E-state index in [-0.39, 0.29) is 0 Å². The van der Waals surface area contributed by atoms with E-state index in [1.165, 1.54) is 49.9 Å². The Morgan fingerprint density at radius 3 is 2.89 bits per heavy atom. The third kappa shape index (κ3) is 2.51. The monoisotopic (exact) mass is 259 g/mol. The predicted octanol–water partition coefficient (Wildman–Crippen LogP) is 3.89. The highest BCUT2D eigenvalue weighted by molar-refractivity contribution is 5.44. The molecule has 1 saturated heterocycles. The summed E-state index contributed by atoms with van der Waals surface area (Å²) < 4.78 is 0. The standard InChI is InChI=1S/C17H25NO/c1-17(2)9-4-11-18(12-10-17)15-8-7-14-13(15)5-3-6-16(14)19/h3,5-6,15,19H,4,7-12H2,1-2H3. The molecular weight excluding hydrogens is 234 g/mol. The van der Waals surface area contributed by atoms with Crippen molar-refractivity contribution in [3.63, 3.8) is 0 Å². The number of hydrogen-bond acceptors (Lipinski definition) is 2. The van der Waals surface area contributed by atoms with Crippen LogP contribution in [0.3, 0.4) is 0 Å². The number of benzene rings is 1. The summed E-state index contributed by atoms with van der Waals surface area (Å²) in [5.41, 5.74) is 3.06. The molecule has 1 aromatic carbocycles. The number of phenolic OH excluding ortho intramolecular Hbond substituents is 1. The fourth-order valence-corrected chi connectivity index (χ4v) is 3.75. The first-order valence-corrected chi connectivity index (χ1v) is 7.62. The molecule has 2 nitrogen and oxygen atoms in total. The number of nitrogens with zero attached hydrogens (tertiary/aromatic N) is 1. The molecule has 1 aliphatic carbocycles. The number of fused-ring (bicyclic) bond motifs is 1. The van der Waals surface area contributed by atoms with E-state index in [9.17, 15) is 5.11 Å². The van der Waals surface area contributed by atoms with Crippen molar-refractivity contribution in [1.29, 1.82) is 0 Å². The van der Waals surface area contributed by atoms with Crippen LogP contribution in [0.5, 0.6) is 5.75 Å². The predicted molar refractivity (Wildman–Crippen MR) is 78.4 cm³/mol. The molecule has 1 unspecified atom stereocenters. The number of rotatable bonds is 1. The van der Waals surface area contributed by atoms with Crippen molar-refractivity contribution < 1.29 is 5.11 Å². The van der Waals surface area contributed by atoms with Crippen LogP contribution in [-0.2, 0) is 6.42 Å². The summed E-state index contributed by atoms with van der Waals surface area (Å²) >= 11 is 0. The molecular formula is C17H25NO. The zero-order valence-corrected chi connectivity index (χ0v) is 12.2. The third-order valence-corrected chi connectivity index (χ3v) is 5.03. The van der Waals surface area contributed by atoms with Crippen LogP contribution in [0.4, 0.5) is 0 Å². The smallest absolute Gasteiger partial charge is 0.119 e. The average molecular weight is 259 g/mol. The largest absolute Gasteiger partial charge is 0.508 e. The maximum Gasteiger partial charge on any atom is 0.119 e. The molecule has 0 aromatic heterocycles. The van der Waals surface area contributed by atoms with Gasteiger partial charge in [0, 0.05) is 6.04 Å². The number of likely N-dealkylation sites (tertiary alicyclic amines) is 1. The maximum atomic E-state index is 9.97. The van der Waals surface area contributed by atoms with Crippen LogP contribution in [-0.4, -0.2) is 23.1 Å². The van der Waals surface area contributed by atoms with Crippen molar-refractivity contribution >= 4 is 0 Å². The van der Waals surface area contributed by atoms with Gasteiger partial charge in [-0.15, -0.1) is 0 Å². The van der Waals surface area contributed by atoms with E-state index in [0.29, 0.717) is 17.2 Å². The third-order valence-electron chi connectivity index (χ3n) is 5.03. The van der Waals surface area contributed by atoms with Gasteiger partial charge < -0.3 is 5.11 Å². The molecule has 0 saturated carbocycles. The van der Waals surface area contributed by atoms with Gasteiger partial charge in [-0.25, -0.2) is 0 Å². The molecule has 2 aliphatic rings. The number of phenols is 1. The lowest BCUT2D eigenvalue weighted by molar-refractivity contribution is 0.195. The van der Waals surface area contributed by atoms with Gasteiger partial charge in [-0.05, 0) is 67.8 Å². The lowest BCUT2D eigenvalue weighted by Crippen LogP contribution is -2.29. The van der Waals surface area contributed by atoms with Crippen LogP contribution in [0.15, 0.2) is 18.2 Å². The summed E-state index contributed by atoms with van der Waals surface area (Å²) in [5, 5.41) is 9.97. The van der Waals surface area contributed by atoms with Crippen LogP contribution in [0, 0.1) is 5.41 Å². The lowest BCUT2D eigenvalue weighted by Gasteiger charge is -2.29. The normalized spacial score (nSPS) is 26.9. The van der Waals surface area contributed by atoms with Crippen LogP contribution in [0.25, 0.3) is 0 Å². The highest BCUT2D eigenvalue weighted by Gasteiger charge is 2.32. The molecule has 0 spiro atoms.